The normalized spacial score (nSPS) is 32.4. The van der Waals surface area contributed by atoms with Gasteiger partial charge in [-0.2, -0.15) is 0 Å². The minimum absolute atomic E-state index is 0.00334. The van der Waals surface area contributed by atoms with Gasteiger partial charge in [-0.3, -0.25) is 0 Å². The second-order valence-electron chi connectivity index (χ2n) is 6.05. The smallest absolute Gasteiger partial charge is 0.0540 e. The van der Waals surface area contributed by atoms with Gasteiger partial charge in [-0.15, -0.1) is 0 Å². The van der Waals surface area contributed by atoms with E-state index in [-0.39, 0.29) is 6.10 Å². The first kappa shape index (κ1) is 12.4. The Morgan fingerprint density at radius 3 is 1.94 bits per heavy atom. The van der Waals surface area contributed by atoms with E-state index in [9.17, 15) is 5.11 Å². The lowest BCUT2D eigenvalue weighted by Crippen LogP contribution is -2.32. The number of aliphatic hydroxyl groups is 1. The van der Waals surface area contributed by atoms with Crippen LogP contribution in [0.3, 0.4) is 0 Å². The summed E-state index contributed by atoms with van der Waals surface area (Å²) in [5, 5.41) is 9.48. The number of hydrogen-bond donors (Lipinski definition) is 1. The van der Waals surface area contributed by atoms with Crippen molar-refractivity contribution in [2.75, 3.05) is 20.1 Å². The zero-order valence-corrected chi connectivity index (χ0v) is 10.7. The second-order valence-corrected chi connectivity index (χ2v) is 6.05. The third kappa shape index (κ3) is 3.74. The van der Waals surface area contributed by atoms with Gasteiger partial charge in [0.25, 0.3) is 0 Å². The predicted octanol–water partition coefficient (Wildman–Crippen LogP) is 2.66. The Labute approximate surface area is 100 Å². The molecule has 2 aliphatic carbocycles. The summed E-state index contributed by atoms with van der Waals surface area (Å²) in [7, 11) is 2.28. The lowest BCUT2D eigenvalue weighted by molar-refractivity contribution is 0.0955. The van der Waals surface area contributed by atoms with Crippen LogP contribution in [0.5, 0.6) is 0 Å². The molecule has 2 nitrogen and oxygen atoms in total. The average molecular weight is 225 g/mol. The molecule has 0 bridgehead atoms. The topological polar surface area (TPSA) is 23.5 Å². The quantitative estimate of drug-likeness (QED) is 0.795. The van der Waals surface area contributed by atoms with Gasteiger partial charge in [0.1, 0.15) is 0 Å². The fourth-order valence-corrected chi connectivity index (χ4v) is 3.48. The maximum Gasteiger partial charge on any atom is 0.0540 e. The monoisotopic (exact) mass is 225 g/mol. The van der Waals surface area contributed by atoms with Crippen LogP contribution in [0.2, 0.25) is 0 Å². The standard InChI is InChI=1S/C14H27NO/c1-15(10-12-4-2-3-5-12)11-13-6-8-14(16)9-7-13/h12-14,16H,2-11H2,1H3. The molecule has 2 aliphatic rings. The Bertz CT molecular complexity index is 193. The molecule has 0 aromatic heterocycles. The summed E-state index contributed by atoms with van der Waals surface area (Å²) in [5.41, 5.74) is 0. The summed E-state index contributed by atoms with van der Waals surface area (Å²) in [6, 6.07) is 0. The van der Waals surface area contributed by atoms with Crippen molar-refractivity contribution in [3.63, 3.8) is 0 Å². The largest absolute Gasteiger partial charge is 0.393 e. The molecule has 1 N–H and O–H groups in total. The molecule has 0 atom stereocenters. The number of hydrogen-bond acceptors (Lipinski definition) is 2. The maximum absolute atomic E-state index is 9.48. The van der Waals surface area contributed by atoms with Crippen LogP contribution in [0, 0.1) is 11.8 Å². The highest BCUT2D eigenvalue weighted by Crippen LogP contribution is 2.27. The predicted molar refractivity (Wildman–Crippen MR) is 67.4 cm³/mol. The van der Waals surface area contributed by atoms with Gasteiger partial charge in [0.05, 0.1) is 6.10 Å². The molecule has 2 rings (SSSR count). The van der Waals surface area contributed by atoms with Gasteiger partial charge >= 0.3 is 0 Å². The Kier molecular flexibility index (Phi) is 4.66. The first-order chi connectivity index (χ1) is 7.74. The van der Waals surface area contributed by atoms with Crippen molar-refractivity contribution in [1.29, 1.82) is 0 Å². The Hall–Kier alpha value is -0.0800. The molecule has 0 saturated heterocycles. The fourth-order valence-electron chi connectivity index (χ4n) is 3.48. The van der Waals surface area contributed by atoms with Gasteiger partial charge in [-0.1, -0.05) is 12.8 Å². The summed E-state index contributed by atoms with van der Waals surface area (Å²) in [5.74, 6) is 1.81. The van der Waals surface area contributed by atoms with Crippen molar-refractivity contribution < 1.29 is 5.11 Å². The third-order valence-electron chi connectivity index (χ3n) is 4.43. The summed E-state index contributed by atoms with van der Waals surface area (Å²) in [6.45, 7) is 2.56. The van der Waals surface area contributed by atoms with Crippen LogP contribution < -0.4 is 0 Å². The van der Waals surface area contributed by atoms with E-state index in [0.717, 1.165) is 24.7 Å². The number of aliphatic hydroxyl groups excluding tert-OH is 1. The second kappa shape index (κ2) is 6.02. The van der Waals surface area contributed by atoms with E-state index in [4.69, 9.17) is 0 Å². The fraction of sp³-hybridized carbons (Fsp3) is 1.00. The SMILES string of the molecule is CN(CC1CCCC1)CC1CCC(O)CC1. The number of rotatable bonds is 4. The molecular weight excluding hydrogens is 198 g/mol. The third-order valence-corrected chi connectivity index (χ3v) is 4.43. The summed E-state index contributed by atoms with van der Waals surface area (Å²) < 4.78 is 0. The highest BCUT2D eigenvalue weighted by atomic mass is 16.3. The molecule has 94 valence electrons. The van der Waals surface area contributed by atoms with Crippen LogP contribution in [-0.2, 0) is 0 Å². The van der Waals surface area contributed by atoms with E-state index in [1.807, 2.05) is 0 Å². The maximum atomic E-state index is 9.48. The van der Waals surface area contributed by atoms with Crippen LogP contribution in [0.25, 0.3) is 0 Å². The van der Waals surface area contributed by atoms with Gasteiger partial charge in [-0.25, -0.2) is 0 Å². The van der Waals surface area contributed by atoms with Crippen molar-refractivity contribution >= 4 is 0 Å². The molecule has 0 spiro atoms. The van der Waals surface area contributed by atoms with E-state index in [0.29, 0.717) is 0 Å². The molecule has 0 aromatic carbocycles. The van der Waals surface area contributed by atoms with Crippen LogP contribution >= 0.6 is 0 Å². The molecule has 2 heteroatoms. The van der Waals surface area contributed by atoms with Gasteiger partial charge in [0, 0.05) is 13.1 Å². The van der Waals surface area contributed by atoms with E-state index in [1.54, 1.807) is 0 Å². The molecule has 0 radical (unpaired) electrons. The first-order valence-electron chi connectivity index (χ1n) is 7.10. The molecule has 0 heterocycles. The Morgan fingerprint density at radius 2 is 1.38 bits per heavy atom. The lowest BCUT2D eigenvalue weighted by atomic mass is 9.87. The Balaban J connectivity index is 1.64. The minimum atomic E-state index is -0.00334. The van der Waals surface area contributed by atoms with Crippen molar-refractivity contribution in [2.24, 2.45) is 11.8 Å². The molecule has 16 heavy (non-hydrogen) atoms. The molecule has 2 fully saturated rings. The zero-order chi connectivity index (χ0) is 11.4. The van der Waals surface area contributed by atoms with E-state index < -0.39 is 0 Å². The van der Waals surface area contributed by atoms with Crippen molar-refractivity contribution in [1.82, 2.24) is 4.90 Å². The Morgan fingerprint density at radius 1 is 0.875 bits per heavy atom. The van der Waals surface area contributed by atoms with Gasteiger partial charge in [0.15, 0.2) is 0 Å². The lowest BCUT2D eigenvalue weighted by Gasteiger charge is -2.30. The van der Waals surface area contributed by atoms with Crippen LogP contribution in [0.1, 0.15) is 51.4 Å². The molecule has 0 aromatic rings. The van der Waals surface area contributed by atoms with Crippen LogP contribution in [-0.4, -0.2) is 36.2 Å². The average Bonchev–Trinajstić information content (AvgIpc) is 2.74. The molecule has 0 aliphatic heterocycles. The highest BCUT2D eigenvalue weighted by Gasteiger charge is 2.22. The highest BCUT2D eigenvalue weighted by molar-refractivity contribution is 4.76. The van der Waals surface area contributed by atoms with Crippen molar-refractivity contribution in [3.8, 4) is 0 Å². The van der Waals surface area contributed by atoms with E-state index in [1.165, 1.54) is 51.6 Å². The van der Waals surface area contributed by atoms with Gasteiger partial charge < -0.3 is 10.0 Å². The van der Waals surface area contributed by atoms with Gasteiger partial charge in [0.2, 0.25) is 0 Å². The zero-order valence-electron chi connectivity index (χ0n) is 10.7. The van der Waals surface area contributed by atoms with Gasteiger partial charge in [-0.05, 0) is 57.4 Å². The molecular formula is C14H27NO. The molecule has 2 saturated carbocycles. The first-order valence-corrected chi connectivity index (χ1v) is 7.10. The van der Waals surface area contributed by atoms with E-state index >= 15 is 0 Å². The summed E-state index contributed by atoms with van der Waals surface area (Å²) in [4.78, 5) is 2.54. The number of nitrogens with zero attached hydrogens (tertiary/aromatic N) is 1. The molecule has 0 unspecified atom stereocenters. The van der Waals surface area contributed by atoms with E-state index in [2.05, 4.69) is 11.9 Å². The van der Waals surface area contributed by atoms with Crippen LogP contribution in [0.15, 0.2) is 0 Å². The summed E-state index contributed by atoms with van der Waals surface area (Å²) >= 11 is 0. The summed E-state index contributed by atoms with van der Waals surface area (Å²) in [6.07, 6.45) is 10.3. The van der Waals surface area contributed by atoms with Crippen molar-refractivity contribution in [3.05, 3.63) is 0 Å². The minimum Gasteiger partial charge on any atom is -0.393 e. The van der Waals surface area contributed by atoms with Crippen molar-refractivity contribution in [2.45, 2.75) is 57.5 Å². The van der Waals surface area contributed by atoms with Crippen LogP contribution in [0.4, 0.5) is 0 Å². The molecule has 0 amide bonds.